The lowest BCUT2D eigenvalue weighted by molar-refractivity contribution is -0.143. The topological polar surface area (TPSA) is 81.8 Å². The van der Waals surface area contributed by atoms with E-state index < -0.39 is 53.7 Å². The monoisotopic (exact) mass is 863 g/mol. The molecule has 62 heavy (non-hydrogen) atoms. The summed E-state index contributed by atoms with van der Waals surface area (Å²) in [5.41, 5.74) is 1.61. The molecule has 6 aromatic rings. The summed E-state index contributed by atoms with van der Waals surface area (Å²) in [6.07, 6.45) is -8.52. The van der Waals surface area contributed by atoms with Gasteiger partial charge in [0.1, 0.15) is 5.82 Å². The van der Waals surface area contributed by atoms with Crippen molar-refractivity contribution in [2.45, 2.75) is 78.1 Å². The van der Waals surface area contributed by atoms with Crippen molar-refractivity contribution in [2.75, 3.05) is 20.9 Å². The quantitative estimate of drug-likeness (QED) is 0.0729. The van der Waals surface area contributed by atoms with Gasteiger partial charge in [-0.05, 0) is 106 Å². The molecule has 1 aliphatic heterocycles. The predicted molar refractivity (Wildman–Crippen MR) is 218 cm³/mol. The van der Waals surface area contributed by atoms with Crippen molar-refractivity contribution in [1.29, 1.82) is 0 Å². The number of ether oxygens (including phenoxy) is 2. The minimum Gasteiger partial charge on any atom is -0.424 e. The zero-order valence-corrected chi connectivity index (χ0v) is 34.8. The Hall–Kier alpha value is -6.00. The highest BCUT2D eigenvalue weighted by atomic mass is 19.4. The zero-order valence-electron chi connectivity index (χ0n) is 34.8. The second kappa shape index (κ2) is 16.7. The van der Waals surface area contributed by atoms with E-state index in [-0.39, 0.29) is 41.2 Å². The third-order valence-corrected chi connectivity index (χ3v) is 11.3. The summed E-state index contributed by atoms with van der Waals surface area (Å²) in [6, 6.07) is 18.5. The lowest BCUT2D eigenvalue weighted by atomic mass is 9.96. The van der Waals surface area contributed by atoms with E-state index in [0.717, 1.165) is 33.0 Å². The van der Waals surface area contributed by atoms with Gasteiger partial charge in [-0.2, -0.15) is 31.4 Å². The number of hydrogen-bond acceptors (Lipinski definition) is 7. The molecule has 7 rings (SSSR count). The molecule has 0 amide bonds. The van der Waals surface area contributed by atoms with Crippen LogP contribution in [0.2, 0.25) is 0 Å². The van der Waals surface area contributed by atoms with E-state index in [9.17, 15) is 35.9 Å². The number of hydrogen-bond donors (Lipinski definition) is 0. The molecule has 0 unspecified atom stereocenters. The largest absolute Gasteiger partial charge is 0.424 e. The molecule has 3 heterocycles. The van der Waals surface area contributed by atoms with E-state index in [1.165, 1.54) is 18.3 Å². The highest BCUT2D eigenvalue weighted by Gasteiger charge is 2.45. The fourth-order valence-electron chi connectivity index (χ4n) is 8.14. The van der Waals surface area contributed by atoms with E-state index in [4.69, 9.17) is 14.6 Å². The second-order valence-electron chi connectivity index (χ2n) is 15.9. The van der Waals surface area contributed by atoms with Crippen LogP contribution in [-0.4, -0.2) is 57.1 Å². The van der Waals surface area contributed by atoms with Crippen molar-refractivity contribution < 1.29 is 49.8 Å². The number of benzene rings is 4. The van der Waals surface area contributed by atoms with Crippen LogP contribution >= 0.6 is 0 Å². The average molecular weight is 864 g/mol. The molecule has 0 bridgehead atoms. The lowest BCUT2D eigenvalue weighted by Crippen LogP contribution is -2.36. The van der Waals surface area contributed by atoms with Crippen LogP contribution < -0.4 is 0 Å². The number of nitrogens with zero attached hydrogens (tertiary/aromatic N) is 5. The smallest absolute Gasteiger partial charge is 0.421 e. The molecule has 0 atom stereocenters. The summed E-state index contributed by atoms with van der Waals surface area (Å²) in [6.45, 7) is 7.11. The number of para-hydroxylation sites is 1. The summed E-state index contributed by atoms with van der Waals surface area (Å²) in [4.78, 5) is 29.9. The van der Waals surface area contributed by atoms with E-state index in [1.54, 1.807) is 53.8 Å². The van der Waals surface area contributed by atoms with Gasteiger partial charge in [0, 0.05) is 42.3 Å². The zero-order chi connectivity index (χ0) is 44.9. The predicted octanol–water partition coefficient (Wildman–Crippen LogP) is 10.9. The van der Waals surface area contributed by atoms with Crippen molar-refractivity contribution in [3.8, 4) is 16.9 Å². The van der Waals surface area contributed by atoms with Gasteiger partial charge in [-0.1, -0.05) is 50.2 Å². The molecule has 4 aromatic carbocycles. The number of fused-ring (bicyclic) bond motifs is 2. The number of esters is 1. The molecule has 9 nitrogen and oxygen atoms in total. The maximum Gasteiger partial charge on any atom is 0.421 e. The number of alkyl halides is 6. The summed E-state index contributed by atoms with van der Waals surface area (Å²) < 4.78 is 113. The van der Waals surface area contributed by atoms with E-state index >= 15 is 4.39 Å². The Balaban J connectivity index is 1.27. The van der Waals surface area contributed by atoms with Crippen molar-refractivity contribution >= 4 is 23.0 Å². The Kier molecular flexibility index (Phi) is 11.9. The van der Waals surface area contributed by atoms with E-state index in [1.807, 2.05) is 51.0 Å². The molecule has 0 saturated carbocycles. The van der Waals surface area contributed by atoms with Crippen molar-refractivity contribution in [3.63, 3.8) is 0 Å². The van der Waals surface area contributed by atoms with Crippen LogP contribution in [0.4, 0.5) is 35.5 Å². The van der Waals surface area contributed by atoms with Crippen LogP contribution in [-0.2, 0) is 59.8 Å². The third-order valence-electron chi connectivity index (χ3n) is 11.3. The SMILES string of the molecule is CCc1cccc(CC)c1-n1nc2c(c1-c1ccc(F)c3c1ccn3C(=O)OCOC(=O)c1ccc(CN(C)C)cc1)CN(Cc1ccc(C(F)(F)F)cc1C(F)(F)F)C2(C)C. The molecule has 0 aliphatic carbocycles. The third kappa shape index (κ3) is 8.32. The second-order valence-corrected chi connectivity index (χ2v) is 15.9. The molecular weight excluding hydrogens is 820 g/mol. The molecule has 0 N–H and O–H groups in total. The van der Waals surface area contributed by atoms with Gasteiger partial charge in [-0.15, -0.1) is 0 Å². The standard InChI is InChI=1S/C46H44F7N5O4/c1-7-28-10-9-11-29(8-2)38(28)58-39(35-25-56(44(3,4)41(35)54-58)24-31-16-17-32(45(48,49)50)22-36(31)46(51,52)53)33-18-19-37(47)40-34(33)20-21-57(40)43(60)62-26-61-42(59)30-14-12-27(13-15-30)23-55(5)6/h9-22H,7-8,23-26H2,1-6H3. The highest BCUT2D eigenvalue weighted by molar-refractivity contribution is 6.00. The van der Waals surface area contributed by atoms with Crippen LogP contribution in [0.15, 0.2) is 85.1 Å². The van der Waals surface area contributed by atoms with Gasteiger partial charge in [0.05, 0.1) is 44.8 Å². The Labute approximate surface area is 353 Å². The number of aromatic nitrogens is 3. The normalized spacial score (nSPS) is 14.2. The molecule has 1 aliphatic rings. The minimum absolute atomic E-state index is 0.0249. The number of aryl methyl sites for hydroxylation is 2. The maximum atomic E-state index is 15.9. The van der Waals surface area contributed by atoms with Crippen molar-refractivity contribution in [1.82, 2.24) is 24.1 Å². The van der Waals surface area contributed by atoms with E-state index in [0.29, 0.717) is 48.0 Å². The number of carbonyl (C=O) groups excluding carboxylic acids is 2. The Bertz CT molecular complexity index is 2640. The molecule has 0 fully saturated rings. The van der Waals surface area contributed by atoms with Gasteiger partial charge < -0.3 is 14.4 Å². The van der Waals surface area contributed by atoms with Crippen molar-refractivity contribution in [2.24, 2.45) is 0 Å². The van der Waals surface area contributed by atoms with Crippen LogP contribution in [0.5, 0.6) is 0 Å². The fraction of sp³-hybridized carbons (Fsp3) is 0.326. The molecular formula is C46H44F7N5O4. The van der Waals surface area contributed by atoms with Crippen LogP contribution in [0.1, 0.15) is 82.7 Å². The van der Waals surface area contributed by atoms with Crippen molar-refractivity contribution in [3.05, 3.63) is 141 Å². The lowest BCUT2D eigenvalue weighted by Gasteiger charge is -2.33. The fourth-order valence-corrected chi connectivity index (χ4v) is 8.14. The maximum absolute atomic E-state index is 15.9. The van der Waals surface area contributed by atoms with Gasteiger partial charge in [0.15, 0.2) is 0 Å². The summed E-state index contributed by atoms with van der Waals surface area (Å²) in [5.74, 6) is -1.50. The van der Waals surface area contributed by atoms with E-state index in [2.05, 4.69) is 0 Å². The van der Waals surface area contributed by atoms with Crippen LogP contribution in [0, 0.1) is 5.82 Å². The first-order valence-corrected chi connectivity index (χ1v) is 19.9. The van der Waals surface area contributed by atoms with Gasteiger partial charge in [-0.3, -0.25) is 4.90 Å². The minimum atomic E-state index is -5.07. The first-order valence-electron chi connectivity index (χ1n) is 19.9. The van der Waals surface area contributed by atoms with Gasteiger partial charge in [0.25, 0.3) is 0 Å². The molecule has 0 saturated heterocycles. The molecule has 16 heteroatoms. The van der Waals surface area contributed by atoms with Crippen LogP contribution in [0.3, 0.4) is 0 Å². The molecule has 326 valence electrons. The first-order chi connectivity index (χ1) is 29.2. The van der Waals surface area contributed by atoms with Crippen LogP contribution in [0.25, 0.3) is 27.8 Å². The first kappa shape index (κ1) is 44.1. The molecule has 0 radical (unpaired) electrons. The Morgan fingerprint density at radius 1 is 0.839 bits per heavy atom. The summed E-state index contributed by atoms with van der Waals surface area (Å²) in [5, 5.41) is 5.43. The Morgan fingerprint density at radius 3 is 2.13 bits per heavy atom. The van der Waals surface area contributed by atoms with Gasteiger partial charge in [0.2, 0.25) is 6.79 Å². The van der Waals surface area contributed by atoms with Gasteiger partial charge >= 0.3 is 24.4 Å². The Morgan fingerprint density at radius 2 is 1.52 bits per heavy atom. The summed E-state index contributed by atoms with van der Waals surface area (Å²) in [7, 11) is 3.83. The number of carbonyl (C=O) groups is 2. The summed E-state index contributed by atoms with van der Waals surface area (Å²) >= 11 is 0. The highest BCUT2D eigenvalue weighted by Crippen LogP contribution is 2.48. The molecule has 2 aromatic heterocycles. The number of rotatable bonds is 11. The van der Waals surface area contributed by atoms with Gasteiger partial charge in [-0.25, -0.2) is 23.2 Å². The average Bonchev–Trinajstić information content (AvgIpc) is 3.89. The number of halogens is 7. The molecule has 0 spiro atoms.